The Morgan fingerprint density at radius 2 is 1.65 bits per heavy atom. The number of pyridine rings is 1. The van der Waals surface area contributed by atoms with Gasteiger partial charge in [-0.15, -0.1) is 0 Å². The number of hydrogen-bond donors (Lipinski definition) is 4. The molecule has 5 amide bonds. The number of amides is 5. The number of likely N-dealkylation sites (tertiary alicyclic amines) is 1. The number of carbonyl (C=O) groups excluding carboxylic acids is 6. The van der Waals surface area contributed by atoms with Crippen LogP contribution in [0.1, 0.15) is 102 Å². The maximum Gasteiger partial charge on any atom is 0.289 e. The molecule has 304 valence electrons. The molecule has 2 aromatic heterocycles. The van der Waals surface area contributed by atoms with Crippen LogP contribution < -0.4 is 26.0 Å². The van der Waals surface area contributed by atoms with Crippen LogP contribution in [0.4, 0.5) is 0 Å². The third kappa shape index (κ3) is 10.3. The van der Waals surface area contributed by atoms with Gasteiger partial charge >= 0.3 is 0 Å². The van der Waals surface area contributed by atoms with E-state index >= 15 is 0 Å². The zero-order valence-corrected chi connectivity index (χ0v) is 33.2. The van der Waals surface area contributed by atoms with E-state index in [2.05, 4.69) is 36.2 Å². The van der Waals surface area contributed by atoms with Crippen molar-refractivity contribution in [3.05, 3.63) is 60.8 Å². The number of aromatic nitrogens is 3. The molecule has 3 aliphatic rings. The van der Waals surface area contributed by atoms with Crippen molar-refractivity contribution in [3.8, 4) is 5.75 Å². The second-order valence-electron chi connectivity index (χ2n) is 16.5. The summed E-state index contributed by atoms with van der Waals surface area (Å²) in [5.74, 6) is -3.29. The summed E-state index contributed by atoms with van der Waals surface area (Å²) >= 11 is 0. The van der Waals surface area contributed by atoms with Crippen LogP contribution in [0.25, 0.3) is 10.9 Å². The lowest BCUT2D eigenvalue weighted by Crippen LogP contribution is -2.62. The monoisotopic (exact) mass is 782 g/mol. The van der Waals surface area contributed by atoms with E-state index in [0.717, 1.165) is 55.8 Å². The predicted molar refractivity (Wildman–Crippen MR) is 211 cm³/mol. The molecule has 3 heterocycles. The lowest BCUT2D eigenvalue weighted by molar-refractivity contribution is -0.145. The van der Waals surface area contributed by atoms with E-state index < -0.39 is 71.0 Å². The van der Waals surface area contributed by atoms with Crippen LogP contribution in [-0.4, -0.2) is 98.0 Å². The van der Waals surface area contributed by atoms with Gasteiger partial charge in [0.15, 0.2) is 0 Å². The minimum Gasteiger partial charge on any atom is -0.488 e. The highest BCUT2D eigenvalue weighted by atomic mass is 16.5. The number of para-hydroxylation sites is 1. The largest absolute Gasteiger partial charge is 0.488 e. The number of rotatable bonds is 15. The minimum absolute atomic E-state index is 0.0000430. The van der Waals surface area contributed by atoms with Gasteiger partial charge in [0.2, 0.25) is 23.5 Å². The van der Waals surface area contributed by atoms with Gasteiger partial charge in [-0.2, -0.15) is 0 Å². The van der Waals surface area contributed by atoms with Crippen LogP contribution in [0.2, 0.25) is 0 Å². The average Bonchev–Trinajstić information content (AvgIpc) is 3.93. The summed E-state index contributed by atoms with van der Waals surface area (Å²) < 4.78 is 6.50. The molecule has 5 atom stereocenters. The van der Waals surface area contributed by atoms with Gasteiger partial charge < -0.3 is 30.9 Å². The van der Waals surface area contributed by atoms with E-state index in [1.807, 2.05) is 52.0 Å². The molecule has 2 saturated carbocycles. The van der Waals surface area contributed by atoms with E-state index in [0.29, 0.717) is 12.2 Å². The molecule has 3 fully saturated rings. The molecule has 2 aliphatic carbocycles. The van der Waals surface area contributed by atoms with Crippen molar-refractivity contribution in [1.82, 2.24) is 41.1 Å². The van der Waals surface area contributed by atoms with Crippen molar-refractivity contribution in [1.29, 1.82) is 0 Å². The summed E-state index contributed by atoms with van der Waals surface area (Å²) in [5, 5.41) is 12.1. The first kappa shape index (κ1) is 41.2. The van der Waals surface area contributed by atoms with Gasteiger partial charge in [-0.05, 0) is 61.6 Å². The van der Waals surface area contributed by atoms with Crippen molar-refractivity contribution in [2.45, 2.75) is 128 Å². The first-order valence-corrected chi connectivity index (χ1v) is 20.2. The smallest absolute Gasteiger partial charge is 0.289 e. The van der Waals surface area contributed by atoms with Crippen molar-refractivity contribution in [2.75, 3.05) is 6.54 Å². The summed E-state index contributed by atoms with van der Waals surface area (Å²) in [4.78, 5) is 96.9. The van der Waals surface area contributed by atoms with Gasteiger partial charge in [0.05, 0.1) is 24.3 Å². The standard InChI is InChI=1S/C42H54N8O7/c1-5-11-30(35(51)40(55)46-26-16-17-26)47-38(53)32-22-27(57-33-18-19-44-29-15-10-9-14-28(29)33)24-50(32)41(56)36(42(2,3)4)49-39(54)34(25-12-7-6-8-13-25)48-37(52)31-23-43-20-21-45-31/h9-10,14-15,18-21,23,25-27,30,32,34,36H,5-8,11-13,16-17,22,24H2,1-4H3,(H,46,55)(H,47,53)(H,48,52)(H,49,54)/t27-,30+,32+,34+,36-/m1/s1. The highest BCUT2D eigenvalue weighted by molar-refractivity contribution is 6.38. The molecule has 57 heavy (non-hydrogen) atoms. The van der Waals surface area contributed by atoms with E-state index in [1.165, 1.54) is 23.5 Å². The fraction of sp³-hybridized carbons (Fsp3) is 0.548. The maximum absolute atomic E-state index is 14.9. The lowest BCUT2D eigenvalue weighted by atomic mass is 9.82. The van der Waals surface area contributed by atoms with Crippen LogP contribution >= 0.6 is 0 Å². The van der Waals surface area contributed by atoms with Crippen molar-refractivity contribution < 1.29 is 33.5 Å². The number of carbonyl (C=O) groups is 6. The van der Waals surface area contributed by atoms with Gasteiger partial charge in [-0.1, -0.05) is 65.5 Å². The Balaban J connectivity index is 1.27. The Morgan fingerprint density at radius 1 is 0.895 bits per heavy atom. The van der Waals surface area contributed by atoms with Crippen LogP contribution in [0.3, 0.4) is 0 Å². The Morgan fingerprint density at radius 3 is 2.33 bits per heavy atom. The van der Waals surface area contributed by atoms with Crippen molar-refractivity contribution >= 4 is 46.2 Å². The Bertz CT molecular complexity index is 1940. The fourth-order valence-electron chi connectivity index (χ4n) is 7.74. The summed E-state index contributed by atoms with van der Waals surface area (Å²) in [6, 6.07) is 4.92. The molecule has 15 heteroatoms. The summed E-state index contributed by atoms with van der Waals surface area (Å²) in [6.45, 7) is 7.31. The highest BCUT2D eigenvalue weighted by Crippen LogP contribution is 2.32. The van der Waals surface area contributed by atoms with Crippen LogP contribution in [0.15, 0.2) is 55.1 Å². The molecule has 1 saturated heterocycles. The number of ketones is 1. The Labute approximate surface area is 332 Å². The third-order valence-electron chi connectivity index (χ3n) is 11.0. The van der Waals surface area contributed by atoms with Crippen molar-refractivity contribution in [2.24, 2.45) is 11.3 Å². The molecule has 4 N–H and O–H groups in total. The quantitative estimate of drug-likeness (QED) is 0.166. The molecular formula is C42H54N8O7. The number of benzene rings is 1. The molecule has 0 spiro atoms. The molecule has 6 rings (SSSR count). The van der Waals surface area contributed by atoms with E-state index in [9.17, 15) is 28.8 Å². The number of Topliss-reactive ketones (excluding diaryl/α,β-unsaturated/α-hetero) is 1. The van der Waals surface area contributed by atoms with E-state index in [-0.39, 0.29) is 37.0 Å². The number of nitrogens with one attached hydrogen (secondary N) is 4. The first-order valence-electron chi connectivity index (χ1n) is 20.2. The minimum atomic E-state index is -1.13. The summed E-state index contributed by atoms with van der Waals surface area (Å²) in [5.41, 5.74) is -0.0600. The number of ether oxygens (including phenoxy) is 1. The molecule has 0 radical (unpaired) electrons. The number of nitrogens with zero attached hydrogens (tertiary/aromatic N) is 4. The van der Waals surface area contributed by atoms with Gasteiger partial charge in [-0.3, -0.25) is 38.7 Å². The van der Waals surface area contributed by atoms with Gasteiger partial charge in [0.25, 0.3) is 11.8 Å². The summed E-state index contributed by atoms with van der Waals surface area (Å²) in [7, 11) is 0. The topological polar surface area (TPSA) is 202 Å². The molecule has 3 aromatic rings. The third-order valence-corrected chi connectivity index (χ3v) is 11.0. The van der Waals surface area contributed by atoms with E-state index in [4.69, 9.17) is 4.74 Å². The average molecular weight is 783 g/mol. The molecule has 1 aromatic carbocycles. The normalized spacial score (nSPS) is 20.2. The SMILES string of the molecule is CCC[C@H](NC(=O)[C@@H]1C[C@@H](Oc2ccnc3ccccc23)CN1C(=O)[C@@H](NC(=O)[C@@H](NC(=O)c1cnccn1)C1CCCCC1)C(C)(C)C)C(=O)C(=O)NC1CC1. The highest BCUT2D eigenvalue weighted by Gasteiger charge is 2.47. The number of fused-ring (bicyclic) bond motifs is 1. The lowest BCUT2D eigenvalue weighted by Gasteiger charge is -2.37. The molecule has 0 unspecified atom stereocenters. The molecule has 0 bridgehead atoms. The van der Waals surface area contributed by atoms with Gasteiger partial charge in [0.1, 0.15) is 35.7 Å². The second-order valence-corrected chi connectivity index (χ2v) is 16.5. The van der Waals surface area contributed by atoms with Crippen LogP contribution in [-0.2, 0) is 24.0 Å². The maximum atomic E-state index is 14.9. The zero-order chi connectivity index (χ0) is 40.7. The van der Waals surface area contributed by atoms with Crippen LogP contribution in [0.5, 0.6) is 5.75 Å². The Hall–Kier alpha value is -5.47. The molecule has 1 aliphatic heterocycles. The van der Waals surface area contributed by atoms with Crippen LogP contribution in [0, 0.1) is 11.3 Å². The van der Waals surface area contributed by atoms with Gasteiger partial charge in [-0.25, -0.2) is 4.98 Å². The van der Waals surface area contributed by atoms with E-state index in [1.54, 1.807) is 12.3 Å². The number of hydrogen-bond acceptors (Lipinski definition) is 10. The second kappa shape index (κ2) is 18.2. The fourth-order valence-corrected chi connectivity index (χ4v) is 7.74. The zero-order valence-electron chi connectivity index (χ0n) is 33.2. The van der Waals surface area contributed by atoms with Crippen molar-refractivity contribution in [3.63, 3.8) is 0 Å². The molecule has 15 nitrogen and oxygen atoms in total. The van der Waals surface area contributed by atoms with Gasteiger partial charge in [0, 0.05) is 36.4 Å². The molecular weight excluding hydrogens is 729 g/mol. The first-order chi connectivity index (χ1) is 27.3. The Kier molecular flexibility index (Phi) is 13.1. The predicted octanol–water partition coefficient (Wildman–Crippen LogP) is 3.42. The summed E-state index contributed by atoms with van der Waals surface area (Å²) in [6.07, 6.45) is 11.9.